The summed E-state index contributed by atoms with van der Waals surface area (Å²) in [5.41, 5.74) is 13.0. The summed E-state index contributed by atoms with van der Waals surface area (Å²) in [7, 11) is 14.3. The van der Waals surface area contributed by atoms with Crippen molar-refractivity contribution < 1.29 is 57.6 Å². The summed E-state index contributed by atoms with van der Waals surface area (Å²) in [4.78, 5) is 0. The minimum atomic E-state index is -0.472. The molecule has 0 spiro atoms. The number of halogens is 3. The molecular formula is C67H102BCl3N2O8Pt. The topological polar surface area (TPSA) is 196 Å². The number of nitrogens with two attached hydrogens (primary N) is 2. The van der Waals surface area contributed by atoms with E-state index in [4.69, 9.17) is 46.0 Å². The van der Waals surface area contributed by atoms with Gasteiger partial charge in [0.05, 0.1) is 7.85 Å². The normalized spacial score (nSPS) is 19.0. The number of rotatable bonds is 24. The number of benzene rings is 3. The smallest absolute Gasteiger partial charge is 0.693 e. The number of phenolic OH excluding ortho intramolecular Hbond substituents is 3. The van der Waals surface area contributed by atoms with Crippen LogP contribution in [0.15, 0.2) is 108 Å². The number of alkyl halides is 1. The van der Waals surface area contributed by atoms with Crippen molar-refractivity contribution in [3.63, 3.8) is 0 Å². The van der Waals surface area contributed by atoms with Crippen LogP contribution in [0, 0.1) is 17.8 Å². The molecule has 2 radical (unpaired) electrons. The van der Waals surface area contributed by atoms with Gasteiger partial charge in [0, 0.05) is 35.8 Å². The largest absolute Gasteiger partial charge is 0.693 e. The Morgan fingerprint density at radius 1 is 0.549 bits per heavy atom. The number of unbranched alkanes of at least 4 members (excludes halogenated alkanes) is 6. The number of phenols is 3. The molecule has 0 saturated heterocycles. The molecule has 9 N–H and O–H groups in total. The van der Waals surface area contributed by atoms with Crippen LogP contribution in [0.25, 0.3) is 12.3 Å². The molecule has 6 atom stereocenters. The summed E-state index contributed by atoms with van der Waals surface area (Å²) >= 11 is 5.40. The summed E-state index contributed by atoms with van der Waals surface area (Å²) in [5, 5.41) is 51.0. The first-order chi connectivity index (χ1) is 38.7. The standard InChI is InChI=1S/C22H31ClO2.2C22H32O3.CH3B.2ClH.2H2N.Pt/c3*1-5-6-7-8-17-12-20(24)22(21(13-17)25-14-23)19-11-16(4)9-10-18(19)15(2)3;1-2;;;;;/h11-13,18-19,24H,2,5-10,14H2,1,3-4H3;2*11-13,18-19,23-24H,2,5-10,14H2,1,3-4H3;1H3;2*1H;2*1H2;/q;;;;;;2*-1;+4/p-2/t3*18-,19+;;;;;;/m011....../s1/i;;;1D;;;;;. The number of aliphatic hydroxyl groups excluding tert-OH is 2. The van der Waals surface area contributed by atoms with Crippen molar-refractivity contribution >= 4 is 38.3 Å². The molecule has 3 aromatic carbocycles. The molecule has 10 nitrogen and oxygen atoms in total. The maximum atomic E-state index is 10.8. The van der Waals surface area contributed by atoms with Crippen molar-refractivity contribution in [3.8, 4) is 34.5 Å². The molecule has 0 aromatic heterocycles. The van der Waals surface area contributed by atoms with E-state index in [9.17, 15) is 25.5 Å². The van der Waals surface area contributed by atoms with Gasteiger partial charge < -0.3 is 52.0 Å². The summed E-state index contributed by atoms with van der Waals surface area (Å²) in [6.45, 7) is 30.8. The molecule has 0 aliphatic heterocycles. The zero-order valence-corrected chi connectivity index (χ0v) is 55.5. The molecule has 3 aliphatic carbocycles. The van der Waals surface area contributed by atoms with Crippen LogP contribution in [-0.4, -0.2) is 53.0 Å². The molecule has 6 rings (SSSR count). The Hall–Kier alpha value is -3.64. The van der Waals surface area contributed by atoms with E-state index in [1.54, 1.807) is 0 Å². The summed E-state index contributed by atoms with van der Waals surface area (Å²) in [6, 6.07) is 11.7. The van der Waals surface area contributed by atoms with Gasteiger partial charge in [-0.05, 0) is 189 Å². The van der Waals surface area contributed by atoms with Crippen molar-refractivity contribution in [2.24, 2.45) is 17.8 Å². The van der Waals surface area contributed by atoms with E-state index in [2.05, 4.69) is 114 Å². The molecule has 0 amide bonds. The monoisotopic (exact) mass is 1370 g/mol. The molecular weight excluding hydrogens is 1270 g/mol. The van der Waals surface area contributed by atoms with Crippen molar-refractivity contribution in [3.05, 3.63) is 153 Å². The van der Waals surface area contributed by atoms with Gasteiger partial charge in [-0.1, -0.05) is 149 Å². The van der Waals surface area contributed by atoms with Crippen molar-refractivity contribution in [1.82, 2.24) is 0 Å². The first-order valence-electron chi connectivity index (χ1n) is 29.5. The fourth-order valence-electron chi connectivity index (χ4n) is 11.5. The van der Waals surface area contributed by atoms with E-state index in [0.717, 1.165) is 140 Å². The Bertz CT molecular complexity index is 2240. The van der Waals surface area contributed by atoms with Gasteiger partial charge in [-0.3, -0.25) is 0 Å². The first kappa shape index (κ1) is 76.4. The number of aromatic hydroxyl groups is 3. The Morgan fingerprint density at radius 2 is 0.805 bits per heavy atom. The Balaban J connectivity index is 0.00000114. The third-order valence-electron chi connectivity index (χ3n) is 15.5. The first-order valence-corrected chi connectivity index (χ1v) is 35.0. The van der Waals surface area contributed by atoms with Crippen LogP contribution >= 0.6 is 30.4 Å². The van der Waals surface area contributed by atoms with Crippen LogP contribution in [0.5, 0.6) is 34.5 Å². The van der Waals surface area contributed by atoms with Gasteiger partial charge >= 0.3 is 35.3 Å². The Kier molecular flexibility index (Phi) is 40.1. The minimum Gasteiger partial charge on any atom is -0.693 e. The fourth-order valence-corrected chi connectivity index (χ4v) is 11.6. The zero-order valence-electron chi connectivity index (χ0n) is 52.0. The molecule has 3 aliphatic rings. The Morgan fingerprint density at radius 3 is 1.02 bits per heavy atom. The van der Waals surface area contributed by atoms with Crippen LogP contribution in [0.2, 0.25) is 6.80 Å². The number of allylic oxidation sites excluding steroid dienone is 9. The maximum Gasteiger partial charge on any atom is -0.693 e. The molecule has 0 unspecified atom stereocenters. The molecule has 82 heavy (non-hydrogen) atoms. The van der Waals surface area contributed by atoms with Crippen LogP contribution in [0.3, 0.4) is 0 Å². The van der Waals surface area contributed by atoms with E-state index in [1.807, 2.05) is 30.3 Å². The molecule has 0 fully saturated rings. The molecule has 15 heteroatoms. The average Bonchev–Trinajstić information content (AvgIpc) is 3.59. The van der Waals surface area contributed by atoms with E-state index in [0.29, 0.717) is 28.9 Å². The van der Waals surface area contributed by atoms with E-state index >= 15 is 0 Å². The molecule has 3 aromatic rings. The predicted molar refractivity (Wildman–Crippen MR) is 347 cm³/mol. The van der Waals surface area contributed by atoms with Crippen LogP contribution in [0.1, 0.15) is 211 Å². The molecule has 0 bridgehead atoms. The van der Waals surface area contributed by atoms with E-state index in [1.165, 1.54) is 42.4 Å². The maximum absolute atomic E-state index is 10.8. The minimum absolute atomic E-state index is 0. The number of ether oxygens (including phenoxy) is 3. The number of aliphatic hydroxyl groups is 2. The zero-order chi connectivity index (χ0) is 60.6. The SMILES string of the molecule is C=C(C)[C@@H]1CCC(C)=C[C@H]1c1c(O)cc(CCCCC)cc1OCCl.C=C(C)[C@H]1CCC(C)=C[C@@H]1c1c(O)cc(CCCCC)cc1OCO.C=C(C)[C@H]1CCC(C)=C[C@@H]1c1c(O)cc(CCCCC)cc1OCO.[2H]C[B].[Cl][Pt+2][Cl].[NH2-].[NH2-]. The van der Waals surface area contributed by atoms with Crippen LogP contribution < -0.4 is 14.2 Å². The second-order valence-electron chi connectivity index (χ2n) is 21.9. The quantitative estimate of drug-likeness (QED) is 0.0192. The second kappa shape index (κ2) is 43.1. The van der Waals surface area contributed by atoms with Gasteiger partial charge in [0.15, 0.2) is 19.7 Å². The average molecular weight is 1380 g/mol. The van der Waals surface area contributed by atoms with E-state index in [-0.39, 0.29) is 66.3 Å². The van der Waals surface area contributed by atoms with Gasteiger partial charge in [0.2, 0.25) is 0 Å². The van der Waals surface area contributed by atoms with Gasteiger partial charge in [-0.25, -0.2) is 0 Å². The van der Waals surface area contributed by atoms with Gasteiger partial charge in [-0.15, -0.1) is 0 Å². The third-order valence-corrected chi connectivity index (χ3v) is 15.6. The summed E-state index contributed by atoms with van der Waals surface area (Å²) in [6.07, 6.45) is 26.1. The summed E-state index contributed by atoms with van der Waals surface area (Å²) in [5.74, 6) is 3.79. The van der Waals surface area contributed by atoms with Crippen LogP contribution in [0.4, 0.5) is 0 Å². The number of hydrogen-bond acceptors (Lipinski definition) is 8. The molecule has 462 valence electrons. The third kappa shape index (κ3) is 25.1. The summed E-state index contributed by atoms with van der Waals surface area (Å²) < 4.78 is 22.7. The van der Waals surface area contributed by atoms with Gasteiger partial charge in [0.25, 0.3) is 0 Å². The molecule has 0 heterocycles. The Labute approximate surface area is 520 Å². The number of hydrogen-bond donors (Lipinski definition) is 5. The second-order valence-corrected chi connectivity index (χ2v) is 25.4. The fraction of sp³-hybridized carbons (Fsp3) is 0.552. The number of aryl methyl sites for hydroxylation is 3. The van der Waals surface area contributed by atoms with Crippen molar-refractivity contribution in [2.75, 3.05) is 19.7 Å². The predicted octanol–water partition coefficient (Wildman–Crippen LogP) is 20.7. The molecule has 0 saturated carbocycles. The van der Waals surface area contributed by atoms with Gasteiger partial charge in [-0.2, -0.15) is 0 Å². The van der Waals surface area contributed by atoms with Gasteiger partial charge in [0.1, 0.15) is 34.5 Å². The van der Waals surface area contributed by atoms with Crippen LogP contribution in [-0.2, 0) is 35.7 Å². The van der Waals surface area contributed by atoms with E-state index < -0.39 is 30.1 Å². The van der Waals surface area contributed by atoms with Crippen molar-refractivity contribution in [1.29, 1.82) is 0 Å². The van der Waals surface area contributed by atoms with Crippen molar-refractivity contribution in [2.45, 2.75) is 202 Å².